The molecular formula is C16H31NO2S. The van der Waals surface area contributed by atoms with E-state index in [-0.39, 0.29) is 5.97 Å². The largest absolute Gasteiger partial charge is 0.465 e. The first-order valence-electron chi connectivity index (χ1n) is 7.92. The lowest BCUT2D eigenvalue weighted by Crippen LogP contribution is -2.50. The number of thioether (sulfide) groups is 1. The number of hydrogen-bond acceptors (Lipinski definition) is 4. The molecule has 0 aromatic heterocycles. The summed E-state index contributed by atoms with van der Waals surface area (Å²) in [6.07, 6.45) is 6.20. The minimum absolute atomic E-state index is 0.132. The zero-order valence-corrected chi connectivity index (χ0v) is 14.5. The van der Waals surface area contributed by atoms with Crippen molar-refractivity contribution in [3.8, 4) is 0 Å². The van der Waals surface area contributed by atoms with Crippen molar-refractivity contribution in [2.45, 2.75) is 75.8 Å². The van der Waals surface area contributed by atoms with Crippen LogP contribution in [-0.2, 0) is 9.53 Å². The quantitative estimate of drug-likeness (QED) is 0.729. The van der Waals surface area contributed by atoms with Gasteiger partial charge in [0.05, 0.1) is 6.61 Å². The maximum atomic E-state index is 12.1. The molecule has 1 saturated carbocycles. The summed E-state index contributed by atoms with van der Waals surface area (Å²) < 4.78 is 5.20. The van der Waals surface area contributed by atoms with Gasteiger partial charge in [-0.2, -0.15) is 11.8 Å². The zero-order chi connectivity index (χ0) is 15.2. The van der Waals surface area contributed by atoms with Gasteiger partial charge in [0, 0.05) is 10.5 Å². The summed E-state index contributed by atoms with van der Waals surface area (Å²) in [6.45, 7) is 8.84. The van der Waals surface area contributed by atoms with Crippen LogP contribution in [0.5, 0.6) is 0 Å². The molecule has 1 fully saturated rings. The molecule has 3 nitrogen and oxygen atoms in total. The monoisotopic (exact) mass is 301 g/mol. The molecule has 0 radical (unpaired) electrons. The molecule has 0 aromatic carbocycles. The number of likely N-dealkylation sites (N-methyl/N-ethyl adjacent to an activating group) is 1. The maximum Gasteiger partial charge on any atom is 0.326 e. The topological polar surface area (TPSA) is 38.3 Å². The van der Waals surface area contributed by atoms with Gasteiger partial charge in [-0.3, -0.25) is 4.79 Å². The van der Waals surface area contributed by atoms with Gasteiger partial charge in [-0.05, 0) is 46.1 Å². The average Bonchev–Trinajstić information content (AvgIpc) is 2.38. The summed E-state index contributed by atoms with van der Waals surface area (Å²) in [4.78, 5) is 12.1. The minimum atomic E-state index is -0.567. The average molecular weight is 301 g/mol. The fourth-order valence-corrected chi connectivity index (χ4v) is 4.86. The second-order valence-corrected chi connectivity index (χ2v) is 8.09. The first-order valence-corrected chi connectivity index (χ1v) is 8.87. The highest BCUT2D eigenvalue weighted by Gasteiger charge is 2.35. The molecule has 0 amide bonds. The van der Waals surface area contributed by atoms with Crippen LogP contribution in [0.1, 0.15) is 59.8 Å². The van der Waals surface area contributed by atoms with E-state index in [9.17, 15) is 4.79 Å². The Labute approximate surface area is 128 Å². The van der Waals surface area contributed by atoms with Crippen LogP contribution in [0.15, 0.2) is 0 Å². The van der Waals surface area contributed by atoms with Crippen molar-refractivity contribution in [3.05, 3.63) is 0 Å². The van der Waals surface area contributed by atoms with Gasteiger partial charge in [0.2, 0.25) is 0 Å². The molecule has 4 atom stereocenters. The molecule has 118 valence electrons. The van der Waals surface area contributed by atoms with E-state index in [1.165, 1.54) is 25.7 Å². The molecule has 0 bridgehead atoms. The van der Waals surface area contributed by atoms with Gasteiger partial charge in [-0.1, -0.05) is 26.7 Å². The van der Waals surface area contributed by atoms with Crippen molar-refractivity contribution in [1.29, 1.82) is 0 Å². The zero-order valence-electron chi connectivity index (χ0n) is 13.7. The van der Waals surface area contributed by atoms with Crippen LogP contribution in [-0.4, -0.2) is 35.7 Å². The van der Waals surface area contributed by atoms with Crippen molar-refractivity contribution in [1.82, 2.24) is 5.32 Å². The number of esters is 1. The van der Waals surface area contributed by atoms with E-state index < -0.39 is 5.54 Å². The molecule has 1 rings (SSSR count). The van der Waals surface area contributed by atoms with Crippen molar-refractivity contribution < 1.29 is 9.53 Å². The number of nitrogens with one attached hydrogen (secondary N) is 1. The first kappa shape index (κ1) is 17.8. The molecule has 1 N–H and O–H groups in total. The van der Waals surface area contributed by atoms with Gasteiger partial charge >= 0.3 is 5.97 Å². The molecule has 0 spiro atoms. The Balaban J connectivity index is 2.49. The lowest BCUT2D eigenvalue weighted by atomic mass is 9.90. The summed E-state index contributed by atoms with van der Waals surface area (Å²) in [7, 11) is 1.84. The Morgan fingerprint density at radius 2 is 2.20 bits per heavy atom. The predicted molar refractivity (Wildman–Crippen MR) is 87.2 cm³/mol. The highest BCUT2D eigenvalue weighted by molar-refractivity contribution is 8.00. The summed E-state index contributed by atoms with van der Waals surface area (Å²) >= 11 is 2.05. The lowest BCUT2D eigenvalue weighted by molar-refractivity contribution is -0.150. The van der Waals surface area contributed by atoms with E-state index in [1.54, 1.807) is 0 Å². The van der Waals surface area contributed by atoms with Crippen LogP contribution >= 0.6 is 11.8 Å². The number of rotatable bonds is 7. The van der Waals surface area contributed by atoms with Gasteiger partial charge in [-0.15, -0.1) is 0 Å². The van der Waals surface area contributed by atoms with Gasteiger partial charge in [0.15, 0.2) is 0 Å². The van der Waals surface area contributed by atoms with E-state index in [2.05, 4.69) is 30.9 Å². The van der Waals surface area contributed by atoms with Crippen LogP contribution < -0.4 is 5.32 Å². The highest BCUT2D eigenvalue weighted by atomic mass is 32.2. The summed E-state index contributed by atoms with van der Waals surface area (Å²) in [5.74, 6) is 0.723. The minimum Gasteiger partial charge on any atom is -0.465 e. The molecule has 4 heteroatoms. The highest BCUT2D eigenvalue weighted by Crippen LogP contribution is 2.36. The molecule has 0 heterocycles. The van der Waals surface area contributed by atoms with Gasteiger partial charge in [-0.25, -0.2) is 0 Å². The second kappa shape index (κ2) is 8.28. The van der Waals surface area contributed by atoms with Crippen LogP contribution in [0.4, 0.5) is 0 Å². The normalized spacial score (nSPS) is 27.6. The Bertz CT molecular complexity index is 311. The molecule has 0 aromatic rings. The SMILES string of the molecule is CCOC(=O)C(C)(CC(C)SC1CCCC(C)C1)NC. The van der Waals surface area contributed by atoms with Gasteiger partial charge in [0.1, 0.15) is 5.54 Å². The summed E-state index contributed by atoms with van der Waals surface area (Å²) in [5, 5.41) is 4.38. The molecule has 0 saturated heterocycles. The molecule has 1 aliphatic rings. The first-order chi connectivity index (χ1) is 9.41. The fourth-order valence-electron chi connectivity index (χ4n) is 3.03. The second-order valence-electron chi connectivity index (χ2n) is 6.35. The third-order valence-electron chi connectivity index (χ3n) is 4.29. The van der Waals surface area contributed by atoms with Crippen LogP contribution in [0.25, 0.3) is 0 Å². The Morgan fingerprint density at radius 1 is 1.50 bits per heavy atom. The van der Waals surface area contributed by atoms with Crippen molar-refractivity contribution >= 4 is 17.7 Å². The third-order valence-corrected chi connectivity index (χ3v) is 5.73. The molecule has 1 aliphatic carbocycles. The molecule has 0 aliphatic heterocycles. The smallest absolute Gasteiger partial charge is 0.326 e. The van der Waals surface area contributed by atoms with Gasteiger partial charge in [0.25, 0.3) is 0 Å². The third kappa shape index (κ3) is 5.28. The molecule has 20 heavy (non-hydrogen) atoms. The number of carbonyl (C=O) groups excluding carboxylic acids is 1. The Hall–Kier alpha value is -0.220. The standard InChI is InChI=1S/C16H31NO2S/c1-6-19-15(18)16(4,17-5)11-13(3)20-14-9-7-8-12(2)10-14/h12-14,17H,6-11H2,1-5H3. The maximum absolute atomic E-state index is 12.1. The van der Waals surface area contributed by atoms with Crippen molar-refractivity contribution in [2.75, 3.05) is 13.7 Å². The number of carbonyl (C=O) groups is 1. The van der Waals surface area contributed by atoms with E-state index in [0.29, 0.717) is 11.9 Å². The Morgan fingerprint density at radius 3 is 2.75 bits per heavy atom. The van der Waals surface area contributed by atoms with Gasteiger partial charge < -0.3 is 10.1 Å². The van der Waals surface area contributed by atoms with Crippen molar-refractivity contribution in [2.24, 2.45) is 5.92 Å². The molecule has 4 unspecified atom stereocenters. The molecular weight excluding hydrogens is 270 g/mol. The van der Waals surface area contributed by atoms with E-state index in [4.69, 9.17) is 4.74 Å². The predicted octanol–water partition coefficient (Wildman–Crippen LogP) is 3.62. The fraction of sp³-hybridized carbons (Fsp3) is 0.938. The summed E-state index contributed by atoms with van der Waals surface area (Å²) in [6, 6.07) is 0. The Kier molecular flexibility index (Phi) is 7.38. The van der Waals surface area contributed by atoms with Crippen LogP contribution in [0, 0.1) is 5.92 Å². The van der Waals surface area contributed by atoms with E-state index in [0.717, 1.165) is 17.6 Å². The van der Waals surface area contributed by atoms with Crippen molar-refractivity contribution in [3.63, 3.8) is 0 Å². The number of hydrogen-bond donors (Lipinski definition) is 1. The van der Waals surface area contributed by atoms with E-state index >= 15 is 0 Å². The van der Waals surface area contributed by atoms with E-state index in [1.807, 2.05) is 20.9 Å². The lowest BCUT2D eigenvalue weighted by Gasteiger charge is -2.33. The van der Waals surface area contributed by atoms with Crippen LogP contribution in [0.3, 0.4) is 0 Å². The number of ether oxygens (including phenoxy) is 1. The summed E-state index contributed by atoms with van der Waals surface area (Å²) in [5.41, 5.74) is -0.567. The van der Waals surface area contributed by atoms with Crippen LogP contribution in [0.2, 0.25) is 0 Å².